The number of nitrogens with one attached hydrogen (secondary N) is 1. The van der Waals surface area contributed by atoms with Crippen molar-refractivity contribution in [3.63, 3.8) is 0 Å². The average molecular weight is 266 g/mol. The minimum absolute atomic E-state index is 0.0625. The Morgan fingerprint density at radius 1 is 1.32 bits per heavy atom. The number of hydrogen-bond donors (Lipinski definition) is 1. The summed E-state index contributed by atoms with van der Waals surface area (Å²) >= 11 is 0. The molecule has 1 N–H and O–H groups in total. The molecule has 110 valence electrons. The maximum Gasteiger partial charge on any atom is 0.241 e. The molecule has 0 aromatic heterocycles. The van der Waals surface area contributed by atoms with Crippen molar-refractivity contribution in [3.05, 3.63) is 0 Å². The second kappa shape index (κ2) is 6.74. The highest BCUT2D eigenvalue weighted by Gasteiger charge is 2.44. The Kier molecular flexibility index (Phi) is 5.26. The molecular weight excluding hydrogens is 236 g/mol. The fourth-order valence-electron chi connectivity index (χ4n) is 3.55. The van der Waals surface area contributed by atoms with Crippen LogP contribution in [0.3, 0.4) is 0 Å². The van der Waals surface area contributed by atoms with Gasteiger partial charge in [0.15, 0.2) is 0 Å². The SMILES string of the molecule is CCCCN1C(=O)C(C(C)CC)NC1C1CCCC1. The molecule has 0 spiro atoms. The van der Waals surface area contributed by atoms with Crippen LogP contribution >= 0.6 is 0 Å². The molecule has 3 nitrogen and oxygen atoms in total. The summed E-state index contributed by atoms with van der Waals surface area (Å²) in [6.45, 7) is 7.52. The number of hydrogen-bond acceptors (Lipinski definition) is 2. The van der Waals surface area contributed by atoms with Crippen molar-refractivity contribution in [3.8, 4) is 0 Å². The van der Waals surface area contributed by atoms with Crippen LogP contribution in [0.5, 0.6) is 0 Å². The van der Waals surface area contributed by atoms with Gasteiger partial charge in [0.2, 0.25) is 5.91 Å². The molecule has 1 heterocycles. The Morgan fingerprint density at radius 2 is 2.00 bits per heavy atom. The molecule has 3 heteroatoms. The predicted molar refractivity (Wildman–Crippen MR) is 78.7 cm³/mol. The van der Waals surface area contributed by atoms with Crippen molar-refractivity contribution in [2.75, 3.05) is 6.54 Å². The highest BCUT2D eigenvalue weighted by molar-refractivity contribution is 5.84. The van der Waals surface area contributed by atoms with Gasteiger partial charge in [-0.3, -0.25) is 10.1 Å². The zero-order chi connectivity index (χ0) is 13.8. The Balaban J connectivity index is 2.07. The van der Waals surface area contributed by atoms with Gasteiger partial charge in [-0.2, -0.15) is 0 Å². The van der Waals surface area contributed by atoms with Crippen LogP contribution in [0.1, 0.15) is 65.7 Å². The molecule has 2 aliphatic rings. The molecule has 0 aromatic carbocycles. The lowest BCUT2D eigenvalue weighted by atomic mass is 9.99. The van der Waals surface area contributed by atoms with Crippen molar-refractivity contribution >= 4 is 5.91 Å². The van der Waals surface area contributed by atoms with Crippen molar-refractivity contribution in [2.24, 2.45) is 11.8 Å². The van der Waals surface area contributed by atoms with Gasteiger partial charge in [-0.25, -0.2) is 0 Å². The van der Waals surface area contributed by atoms with Crippen molar-refractivity contribution < 1.29 is 4.79 Å². The van der Waals surface area contributed by atoms with Crippen molar-refractivity contribution in [1.82, 2.24) is 10.2 Å². The highest BCUT2D eigenvalue weighted by Crippen LogP contribution is 2.33. The van der Waals surface area contributed by atoms with Gasteiger partial charge in [0.05, 0.1) is 12.2 Å². The van der Waals surface area contributed by atoms with Crippen LogP contribution in [-0.2, 0) is 4.79 Å². The average Bonchev–Trinajstić information content (AvgIpc) is 3.03. The molecule has 3 atom stereocenters. The third kappa shape index (κ3) is 3.13. The maximum absolute atomic E-state index is 12.6. The van der Waals surface area contributed by atoms with E-state index in [4.69, 9.17) is 0 Å². The molecule has 1 amide bonds. The molecule has 1 aliphatic carbocycles. The Morgan fingerprint density at radius 3 is 2.58 bits per heavy atom. The molecule has 0 aromatic rings. The molecule has 0 radical (unpaired) electrons. The summed E-state index contributed by atoms with van der Waals surface area (Å²) in [6, 6.07) is 0.0625. The molecule has 2 fully saturated rings. The van der Waals surface area contributed by atoms with E-state index in [1.54, 1.807) is 0 Å². The molecule has 0 bridgehead atoms. The van der Waals surface area contributed by atoms with E-state index in [-0.39, 0.29) is 6.04 Å². The molecular formula is C16H30N2O. The lowest BCUT2D eigenvalue weighted by Crippen LogP contribution is -2.43. The highest BCUT2D eigenvalue weighted by atomic mass is 16.2. The van der Waals surface area contributed by atoms with E-state index >= 15 is 0 Å². The fraction of sp³-hybridized carbons (Fsp3) is 0.938. The molecule has 1 saturated carbocycles. The third-order valence-corrected chi connectivity index (χ3v) is 5.05. The van der Waals surface area contributed by atoms with Gasteiger partial charge < -0.3 is 4.90 Å². The number of amides is 1. The van der Waals surface area contributed by atoms with Crippen LogP contribution in [-0.4, -0.2) is 29.6 Å². The van der Waals surface area contributed by atoms with Crippen LogP contribution in [0.25, 0.3) is 0 Å². The number of unbranched alkanes of at least 4 members (excludes halogenated alkanes) is 1. The summed E-state index contributed by atoms with van der Waals surface area (Å²) in [5.74, 6) is 1.50. The van der Waals surface area contributed by atoms with Gasteiger partial charge in [-0.15, -0.1) is 0 Å². The molecule has 19 heavy (non-hydrogen) atoms. The summed E-state index contributed by atoms with van der Waals surface area (Å²) in [6.07, 6.45) is 8.95. The summed E-state index contributed by atoms with van der Waals surface area (Å²) < 4.78 is 0. The first-order chi connectivity index (χ1) is 9.19. The van der Waals surface area contributed by atoms with E-state index < -0.39 is 0 Å². The normalized spacial score (nSPS) is 30.3. The van der Waals surface area contributed by atoms with Crippen LogP contribution in [0.15, 0.2) is 0 Å². The van der Waals surface area contributed by atoms with E-state index in [0.29, 0.717) is 23.9 Å². The largest absolute Gasteiger partial charge is 0.326 e. The van der Waals surface area contributed by atoms with E-state index in [9.17, 15) is 4.79 Å². The van der Waals surface area contributed by atoms with Crippen LogP contribution in [0.4, 0.5) is 0 Å². The number of nitrogens with zero attached hydrogens (tertiary/aromatic N) is 1. The monoisotopic (exact) mass is 266 g/mol. The standard InChI is InChI=1S/C16H30N2O/c1-4-6-11-18-15(13-9-7-8-10-13)17-14(16(18)19)12(3)5-2/h12-15,17H,4-11H2,1-3H3. The Hall–Kier alpha value is -0.570. The zero-order valence-electron chi connectivity index (χ0n) is 12.8. The minimum atomic E-state index is 0.0625. The quantitative estimate of drug-likeness (QED) is 0.801. The number of rotatable bonds is 6. The van der Waals surface area contributed by atoms with Gasteiger partial charge in [-0.1, -0.05) is 46.5 Å². The van der Waals surface area contributed by atoms with E-state index in [0.717, 1.165) is 25.8 Å². The Labute approximate surface area is 118 Å². The first-order valence-electron chi connectivity index (χ1n) is 8.25. The lowest BCUT2D eigenvalue weighted by Gasteiger charge is -2.28. The van der Waals surface area contributed by atoms with Gasteiger partial charge >= 0.3 is 0 Å². The number of carbonyl (C=O) groups excluding carboxylic acids is 1. The predicted octanol–water partition coefficient (Wildman–Crippen LogP) is 3.15. The smallest absolute Gasteiger partial charge is 0.241 e. The number of carbonyl (C=O) groups is 1. The van der Waals surface area contributed by atoms with Crippen LogP contribution < -0.4 is 5.32 Å². The van der Waals surface area contributed by atoms with Crippen molar-refractivity contribution in [1.29, 1.82) is 0 Å². The molecule has 1 aliphatic heterocycles. The van der Waals surface area contributed by atoms with E-state index in [2.05, 4.69) is 31.0 Å². The fourth-order valence-corrected chi connectivity index (χ4v) is 3.55. The second-order valence-electron chi connectivity index (χ2n) is 6.40. The van der Waals surface area contributed by atoms with Crippen LogP contribution in [0, 0.1) is 11.8 Å². The van der Waals surface area contributed by atoms with E-state index in [1.807, 2.05) is 0 Å². The minimum Gasteiger partial charge on any atom is -0.326 e. The molecule has 3 unspecified atom stereocenters. The Bertz CT molecular complexity index is 299. The molecule has 1 saturated heterocycles. The van der Waals surface area contributed by atoms with Gasteiger partial charge in [0.25, 0.3) is 0 Å². The van der Waals surface area contributed by atoms with Crippen LogP contribution in [0.2, 0.25) is 0 Å². The summed E-state index contributed by atoms with van der Waals surface area (Å²) in [7, 11) is 0. The van der Waals surface area contributed by atoms with Gasteiger partial charge in [0.1, 0.15) is 0 Å². The summed E-state index contributed by atoms with van der Waals surface area (Å²) in [5, 5.41) is 3.67. The topological polar surface area (TPSA) is 32.3 Å². The summed E-state index contributed by atoms with van der Waals surface area (Å²) in [4.78, 5) is 14.8. The van der Waals surface area contributed by atoms with E-state index in [1.165, 1.54) is 25.7 Å². The molecule has 2 rings (SSSR count). The van der Waals surface area contributed by atoms with Gasteiger partial charge in [0, 0.05) is 6.54 Å². The summed E-state index contributed by atoms with van der Waals surface area (Å²) in [5.41, 5.74) is 0. The zero-order valence-corrected chi connectivity index (χ0v) is 12.8. The first-order valence-corrected chi connectivity index (χ1v) is 8.25. The van der Waals surface area contributed by atoms with Gasteiger partial charge in [-0.05, 0) is 31.1 Å². The first kappa shape index (κ1) is 14.8. The lowest BCUT2D eigenvalue weighted by molar-refractivity contribution is -0.131. The third-order valence-electron chi connectivity index (χ3n) is 5.05. The maximum atomic E-state index is 12.6. The van der Waals surface area contributed by atoms with Crippen molar-refractivity contribution in [2.45, 2.75) is 77.9 Å². The second-order valence-corrected chi connectivity index (χ2v) is 6.40.